The average Bonchev–Trinajstić information content (AvgIpc) is 3.03. The van der Waals surface area contributed by atoms with Gasteiger partial charge in [-0.25, -0.2) is 9.67 Å². The zero-order chi connectivity index (χ0) is 15.4. The van der Waals surface area contributed by atoms with Crippen LogP contribution in [-0.2, 0) is 6.54 Å². The number of amides is 1. The van der Waals surface area contributed by atoms with Crippen molar-refractivity contribution in [2.45, 2.75) is 25.9 Å². The summed E-state index contributed by atoms with van der Waals surface area (Å²) in [7, 11) is 0. The van der Waals surface area contributed by atoms with E-state index in [9.17, 15) is 4.79 Å². The molecule has 1 fully saturated rings. The number of rotatable bonds is 4. The summed E-state index contributed by atoms with van der Waals surface area (Å²) in [6.07, 6.45) is 4.24. The molecule has 2 aromatic rings. The number of nitrogens with one attached hydrogen (secondary N) is 2. The van der Waals surface area contributed by atoms with Gasteiger partial charge in [0.05, 0.1) is 6.54 Å². The van der Waals surface area contributed by atoms with Gasteiger partial charge >= 0.3 is 0 Å². The molecule has 0 bridgehead atoms. The number of benzene rings is 1. The Balaban J connectivity index is 1.74. The topological polar surface area (TPSA) is 71.8 Å². The monoisotopic (exact) mass is 299 g/mol. The van der Waals surface area contributed by atoms with Crippen LogP contribution in [0.3, 0.4) is 0 Å². The van der Waals surface area contributed by atoms with Crippen molar-refractivity contribution in [2.24, 2.45) is 5.92 Å². The molecule has 2 unspecified atom stereocenters. The first-order chi connectivity index (χ1) is 10.7. The first-order valence-corrected chi connectivity index (χ1v) is 7.66. The van der Waals surface area contributed by atoms with E-state index in [4.69, 9.17) is 0 Å². The van der Waals surface area contributed by atoms with E-state index in [1.165, 1.54) is 6.33 Å². The molecule has 1 aliphatic rings. The van der Waals surface area contributed by atoms with Gasteiger partial charge in [0.15, 0.2) is 0 Å². The first kappa shape index (κ1) is 14.7. The molecule has 116 valence electrons. The van der Waals surface area contributed by atoms with Crippen molar-refractivity contribution in [3.05, 3.63) is 48.0 Å². The second-order valence-electron chi connectivity index (χ2n) is 5.80. The summed E-state index contributed by atoms with van der Waals surface area (Å²) in [6.45, 7) is 4.59. The summed E-state index contributed by atoms with van der Waals surface area (Å²) in [5, 5.41) is 10.6. The number of carbonyl (C=O) groups is 1. The standard InChI is InChI=1S/C16H21N5O/c1-12-6-7-17-8-15(12)20-16(22)14-5-3-2-4-13(14)9-21-11-18-10-19-21/h2-5,10-12,15,17H,6-9H2,1H3,(H,20,22). The molecular weight excluding hydrogens is 278 g/mol. The van der Waals surface area contributed by atoms with Gasteiger partial charge in [0.25, 0.3) is 5.91 Å². The van der Waals surface area contributed by atoms with E-state index in [1.54, 1.807) is 11.0 Å². The lowest BCUT2D eigenvalue weighted by molar-refractivity contribution is 0.0914. The van der Waals surface area contributed by atoms with Crippen molar-refractivity contribution in [1.82, 2.24) is 25.4 Å². The van der Waals surface area contributed by atoms with Crippen LogP contribution >= 0.6 is 0 Å². The maximum Gasteiger partial charge on any atom is 0.251 e. The molecule has 22 heavy (non-hydrogen) atoms. The van der Waals surface area contributed by atoms with E-state index in [2.05, 4.69) is 27.6 Å². The number of aromatic nitrogens is 3. The number of carbonyl (C=O) groups excluding carboxylic acids is 1. The molecular formula is C16H21N5O. The Morgan fingerprint density at radius 2 is 2.32 bits per heavy atom. The Labute approximate surface area is 129 Å². The van der Waals surface area contributed by atoms with E-state index in [0.29, 0.717) is 18.0 Å². The molecule has 1 amide bonds. The minimum atomic E-state index is -0.0173. The lowest BCUT2D eigenvalue weighted by Crippen LogP contribution is -2.50. The van der Waals surface area contributed by atoms with E-state index < -0.39 is 0 Å². The quantitative estimate of drug-likeness (QED) is 0.885. The first-order valence-electron chi connectivity index (χ1n) is 7.66. The van der Waals surface area contributed by atoms with Crippen molar-refractivity contribution in [3.8, 4) is 0 Å². The second kappa shape index (κ2) is 6.70. The lowest BCUT2D eigenvalue weighted by atomic mass is 9.94. The van der Waals surface area contributed by atoms with Crippen LogP contribution in [0, 0.1) is 5.92 Å². The van der Waals surface area contributed by atoms with E-state index >= 15 is 0 Å². The summed E-state index contributed by atoms with van der Waals surface area (Å²) < 4.78 is 1.72. The Morgan fingerprint density at radius 1 is 1.45 bits per heavy atom. The van der Waals surface area contributed by atoms with Crippen molar-refractivity contribution in [2.75, 3.05) is 13.1 Å². The summed E-state index contributed by atoms with van der Waals surface area (Å²) >= 11 is 0. The highest BCUT2D eigenvalue weighted by molar-refractivity contribution is 5.95. The highest BCUT2D eigenvalue weighted by atomic mass is 16.1. The molecule has 2 heterocycles. The number of hydrogen-bond donors (Lipinski definition) is 2. The number of nitrogens with zero attached hydrogens (tertiary/aromatic N) is 3. The third-order valence-corrected chi connectivity index (χ3v) is 4.20. The third-order valence-electron chi connectivity index (χ3n) is 4.20. The second-order valence-corrected chi connectivity index (χ2v) is 5.80. The zero-order valence-electron chi connectivity index (χ0n) is 12.7. The normalized spacial score (nSPS) is 21.5. The minimum absolute atomic E-state index is 0.0173. The maximum atomic E-state index is 12.6. The molecule has 0 saturated carbocycles. The molecule has 1 saturated heterocycles. The molecule has 6 heteroatoms. The molecule has 0 spiro atoms. The van der Waals surface area contributed by atoms with Crippen molar-refractivity contribution in [1.29, 1.82) is 0 Å². The van der Waals surface area contributed by atoms with Crippen molar-refractivity contribution >= 4 is 5.91 Å². The molecule has 1 aromatic carbocycles. The van der Waals surface area contributed by atoms with Crippen LogP contribution in [0.25, 0.3) is 0 Å². The van der Waals surface area contributed by atoms with Crippen LogP contribution < -0.4 is 10.6 Å². The summed E-state index contributed by atoms with van der Waals surface area (Å²) in [6, 6.07) is 7.83. The van der Waals surface area contributed by atoms with Gasteiger partial charge in [-0.1, -0.05) is 25.1 Å². The summed E-state index contributed by atoms with van der Waals surface area (Å²) in [5.74, 6) is 0.476. The molecule has 2 N–H and O–H groups in total. The fraction of sp³-hybridized carbons (Fsp3) is 0.438. The van der Waals surface area contributed by atoms with Gasteiger partial charge in [-0.2, -0.15) is 5.10 Å². The van der Waals surface area contributed by atoms with Gasteiger partial charge < -0.3 is 10.6 Å². The number of hydrogen-bond acceptors (Lipinski definition) is 4. The highest BCUT2D eigenvalue weighted by Gasteiger charge is 2.23. The Morgan fingerprint density at radius 3 is 3.09 bits per heavy atom. The van der Waals surface area contributed by atoms with E-state index in [-0.39, 0.29) is 11.9 Å². The largest absolute Gasteiger partial charge is 0.348 e. The Kier molecular flexibility index (Phi) is 4.48. The predicted octanol–water partition coefficient (Wildman–Crippen LogP) is 1.05. The van der Waals surface area contributed by atoms with E-state index in [0.717, 1.165) is 25.1 Å². The molecule has 0 radical (unpaired) electrons. The van der Waals surface area contributed by atoms with Gasteiger partial charge in [0.1, 0.15) is 12.7 Å². The van der Waals surface area contributed by atoms with Crippen LogP contribution in [0.2, 0.25) is 0 Å². The molecule has 1 aromatic heterocycles. The molecule has 6 nitrogen and oxygen atoms in total. The van der Waals surface area contributed by atoms with Crippen LogP contribution in [0.4, 0.5) is 0 Å². The summed E-state index contributed by atoms with van der Waals surface area (Å²) in [4.78, 5) is 16.6. The molecule has 3 rings (SSSR count). The fourth-order valence-electron chi connectivity index (χ4n) is 2.80. The van der Waals surface area contributed by atoms with Gasteiger partial charge in [0.2, 0.25) is 0 Å². The van der Waals surface area contributed by atoms with Gasteiger partial charge in [-0.15, -0.1) is 0 Å². The average molecular weight is 299 g/mol. The van der Waals surface area contributed by atoms with Gasteiger partial charge in [-0.3, -0.25) is 4.79 Å². The predicted molar refractivity (Wildman–Crippen MR) is 83.5 cm³/mol. The van der Waals surface area contributed by atoms with Gasteiger partial charge in [0, 0.05) is 18.2 Å². The minimum Gasteiger partial charge on any atom is -0.348 e. The van der Waals surface area contributed by atoms with Gasteiger partial charge in [-0.05, 0) is 30.5 Å². The van der Waals surface area contributed by atoms with E-state index in [1.807, 2.05) is 24.3 Å². The van der Waals surface area contributed by atoms with Crippen LogP contribution in [0.1, 0.15) is 29.3 Å². The molecule has 1 aliphatic heterocycles. The fourth-order valence-corrected chi connectivity index (χ4v) is 2.80. The maximum absolute atomic E-state index is 12.6. The van der Waals surface area contributed by atoms with Crippen LogP contribution in [-0.4, -0.2) is 39.8 Å². The molecule has 0 aliphatic carbocycles. The smallest absolute Gasteiger partial charge is 0.251 e. The Bertz CT molecular complexity index is 625. The van der Waals surface area contributed by atoms with Crippen molar-refractivity contribution < 1.29 is 4.79 Å². The molecule has 2 atom stereocenters. The zero-order valence-corrected chi connectivity index (χ0v) is 12.7. The highest BCUT2D eigenvalue weighted by Crippen LogP contribution is 2.14. The number of piperidine rings is 1. The van der Waals surface area contributed by atoms with Crippen LogP contribution in [0.5, 0.6) is 0 Å². The van der Waals surface area contributed by atoms with Crippen molar-refractivity contribution in [3.63, 3.8) is 0 Å². The Hall–Kier alpha value is -2.21. The third kappa shape index (κ3) is 3.33. The van der Waals surface area contributed by atoms with Crippen LogP contribution in [0.15, 0.2) is 36.9 Å². The lowest BCUT2D eigenvalue weighted by Gasteiger charge is -2.30. The summed E-state index contributed by atoms with van der Waals surface area (Å²) in [5.41, 5.74) is 1.65. The SMILES string of the molecule is CC1CCNCC1NC(=O)c1ccccc1Cn1cncn1.